The van der Waals surface area contributed by atoms with Gasteiger partial charge in [-0.2, -0.15) is 0 Å². The molecule has 0 aliphatic rings. The van der Waals surface area contributed by atoms with Gasteiger partial charge in [-0.3, -0.25) is 0 Å². The second kappa shape index (κ2) is 5.05. The van der Waals surface area contributed by atoms with Crippen LogP contribution in [0.1, 0.15) is 24.1 Å². The number of benzene rings is 2. The molecule has 3 N–H and O–H groups in total. The number of aromatic nitrogens is 2. The molecule has 0 amide bonds. The second-order valence-electron chi connectivity index (χ2n) is 5.04. The van der Waals surface area contributed by atoms with Crippen molar-refractivity contribution in [3.8, 4) is 0 Å². The molecule has 0 radical (unpaired) electrons. The lowest BCUT2D eigenvalue weighted by atomic mass is 10.1. The summed E-state index contributed by atoms with van der Waals surface area (Å²) in [7, 11) is 0. The van der Waals surface area contributed by atoms with Crippen molar-refractivity contribution in [1.29, 1.82) is 0 Å². The third kappa shape index (κ3) is 2.40. The van der Waals surface area contributed by atoms with Crippen LogP contribution in [0.4, 0.5) is 15.8 Å². The highest BCUT2D eigenvalue weighted by molar-refractivity contribution is 5.95. The highest BCUT2D eigenvalue weighted by atomic mass is 19.1. The van der Waals surface area contributed by atoms with Crippen molar-refractivity contribution in [3.05, 3.63) is 47.3 Å². The van der Waals surface area contributed by atoms with E-state index in [0.29, 0.717) is 22.3 Å². The van der Waals surface area contributed by atoms with Crippen LogP contribution in [0, 0.1) is 12.7 Å². The van der Waals surface area contributed by atoms with E-state index in [1.54, 1.807) is 19.1 Å². The second-order valence-corrected chi connectivity index (χ2v) is 5.04. The highest BCUT2D eigenvalue weighted by Gasteiger charge is 2.13. The monoisotopic (exact) mass is 286 g/mol. The van der Waals surface area contributed by atoms with Gasteiger partial charge in [0.1, 0.15) is 5.82 Å². The Bertz CT molecular complexity index is 799. The van der Waals surface area contributed by atoms with Gasteiger partial charge >= 0.3 is 0 Å². The van der Waals surface area contributed by atoms with E-state index in [1.165, 1.54) is 6.07 Å². The predicted octanol–water partition coefficient (Wildman–Crippen LogP) is 3.43. The Morgan fingerprint density at radius 1 is 1.19 bits per heavy atom. The van der Waals surface area contributed by atoms with Crippen molar-refractivity contribution in [2.45, 2.75) is 19.9 Å². The number of halogens is 1. The number of nitrogens with two attached hydrogens (primary N) is 1. The van der Waals surface area contributed by atoms with Crippen LogP contribution in [0.25, 0.3) is 11.0 Å². The van der Waals surface area contributed by atoms with Crippen molar-refractivity contribution in [3.63, 3.8) is 0 Å². The minimum absolute atomic E-state index is 0.0939. The molecule has 1 unspecified atom stereocenters. The van der Waals surface area contributed by atoms with Gasteiger partial charge in [-0.1, -0.05) is 12.1 Å². The van der Waals surface area contributed by atoms with Gasteiger partial charge in [0.05, 0.1) is 11.4 Å². The van der Waals surface area contributed by atoms with Gasteiger partial charge in [0, 0.05) is 6.04 Å². The molecular formula is C15H15FN4O. The summed E-state index contributed by atoms with van der Waals surface area (Å²) in [6.07, 6.45) is 0. The number of aryl methyl sites for hydroxylation is 1. The molecule has 0 spiro atoms. The van der Waals surface area contributed by atoms with Crippen LogP contribution in [0.15, 0.2) is 35.0 Å². The zero-order valence-corrected chi connectivity index (χ0v) is 11.7. The summed E-state index contributed by atoms with van der Waals surface area (Å²) in [4.78, 5) is 0. The Hall–Kier alpha value is -2.63. The van der Waals surface area contributed by atoms with E-state index in [4.69, 9.17) is 10.4 Å². The number of anilines is 2. The lowest BCUT2D eigenvalue weighted by Gasteiger charge is -2.16. The third-order valence-electron chi connectivity index (χ3n) is 3.51. The zero-order valence-electron chi connectivity index (χ0n) is 11.7. The minimum atomic E-state index is -0.216. The lowest BCUT2D eigenvalue weighted by molar-refractivity contribution is 0.315. The number of hydrogen-bond donors (Lipinski definition) is 2. The number of rotatable bonds is 3. The summed E-state index contributed by atoms with van der Waals surface area (Å²) in [6, 6.07) is 8.64. The van der Waals surface area contributed by atoms with Crippen molar-refractivity contribution in [2.24, 2.45) is 0 Å². The largest absolute Gasteiger partial charge is 0.397 e. The first-order valence-corrected chi connectivity index (χ1v) is 6.59. The van der Waals surface area contributed by atoms with E-state index in [2.05, 4.69) is 15.6 Å². The van der Waals surface area contributed by atoms with Crippen LogP contribution in [0.3, 0.4) is 0 Å². The molecular weight excluding hydrogens is 271 g/mol. The molecule has 0 aliphatic carbocycles. The molecule has 0 fully saturated rings. The van der Waals surface area contributed by atoms with Crippen molar-refractivity contribution < 1.29 is 9.02 Å². The number of nitrogens with one attached hydrogen (secondary N) is 1. The maximum absolute atomic E-state index is 13.7. The average molecular weight is 286 g/mol. The quantitative estimate of drug-likeness (QED) is 0.721. The summed E-state index contributed by atoms with van der Waals surface area (Å²) in [5.41, 5.74) is 9.61. The van der Waals surface area contributed by atoms with Crippen LogP contribution >= 0.6 is 0 Å². The van der Waals surface area contributed by atoms with Gasteiger partial charge in [0.25, 0.3) is 0 Å². The molecule has 3 aromatic rings. The van der Waals surface area contributed by atoms with Gasteiger partial charge in [-0.25, -0.2) is 9.02 Å². The smallest absolute Gasteiger partial charge is 0.160 e. The molecule has 21 heavy (non-hydrogen) atoms. The Balaban J connectivity index is 1.92. The van der Waals surface area contributed by atoms with Crippen LogP contribution in [0.5, 0.6) is 0 Å². The van der Waals surface area contributed by atoms with E-state index in [-0.39, 0.29) is 11.9 Å². The Kier molecular flexibility index (Phi) is 3.21. The average Bonchev–Trinajstić information content (AvgIpc) is 2.95. The van der Waals surface area contributed by atoms with Crippen molar-refractivity contribution in [1.82, 2.24) is 10.3 Å². The normalized spacial score (nSPS) is 12.5. The minimum Gasteiger partial charge on any atom is -0.397 e. The zero-order chi connectivity index (χ0) is 15.0. The third-order valence-corrected chi connectivity index (χ3v) is 3.51. The molecule has 108 valence electrons. The summed E-state index contributed by atoms with van der Waals surface area (Å²) >= 11 is 0. The first-order chi connectivity index (χ1) is 10.1. The molecule has 0 saturated carbocycles. The van der Waals surface area contributed by atoms with Gasteiger partial charge in [0.15, 0.2) is 11.0 Å². The fourth-order valence-electron chi connectivity index (χ4n) is 2.20. The van der Waals surface area contributed by atoms with Gasteiger partial charge in [0.2, 0.25) is 0 Å². The van der Waals surface area contributed by atoms with Crippen LogP contribution < -0.4 is 11.1 Å². The predicted molar refractivity (Wildman–Crippen MR) is 79.4 cm³/mol. The van der Waals surface area contributed by atoms with E-state index >= 15 is 0 Å². The molecule has 0 aliphatic heterocycles. The summed E-state index contributed by atoms with van der Waals surface area (Å²) in [5.74, 6) is -0.216. The van der Waals surface area contributed by atoms with E-state index in [0.717, 1.165) is 11.3 Å². The maximum atomic E-state index is 13.7. The SMILES string of the molecule is Cc1ccc(C(C)Nc2ccc(N)c3nonc23)cc1F. The number of fused-ring (bicyclic) bond motifs is 1. The Morgan fingerprint density at radius 3 is 2.71 bits per heavy atom. The molecule has 1 atom stereocenters. The molecule has 1 heterocycles. The molecule has 0 saturated heterocycles. The Morgan fingerprint density at radius 2 is 1.95 bits per heavy atom. The van der Waals surface area contributed by atoms with E-state index < -0.39 is 0 Å². The van der Waals surface area contributed by atoms with Crippen molar-refractivity contribution >= 4 is 22.4 Å². The fraction of sp³-hybridized carbons (Fsp3) is 0.200. The van der Waals surface area contributed by atoms with Gasteiger partial charge < -0.3 is 11.1 Å². The highest BCUT2D eigenvalue weighted by Crippen LogP contribution is 2.28. The Labute approximate surface area is 120 Å². The first kappa shape index (κ1) is 13.4. The molecule has 1 aromatic heterocycles. The summed E-state index contributed by atoms with van der Waals surface area (Å²) < 4.78 is 18.4. The van der Waals surface area contributed by atoms with E-state index in [1.807, 2.05) is 19.1 Å². The number of hydrogen-bond acceptors (Lipinski definition) is 5. The molecule has 3 rings (SSSR count). The standard InChI is InChI=1S/C15H15FN4O/c1-8-3-4-10(7-11(8)16)9(2)18-13-6-5-12(17)14-15(13)20-21-19-14/h3-7,9,18H,17H2,1-2H3. The van der Waals surface area contributed by atoms with E-state index in [9.17, 15) is 4.39 Å². The molecule has 5 nitrogen and oxygen atoms in total. The topological polar surface area (TPSA) is 77.0 Å². The lowest BCUT2D eigenvalue weighted by Crippen LogP contribution is -2.08. The molecule has 2 aromatic carbocycles. The van der Waals surface area contributed by atoms with Crippen LogP contribution in [-0.4, -0.2) is 10.3 Å². The molecule has 6 heteroatoms. The van der Waals surface area contributed by atoms with Crippen LogP contribution in [-0.2, 0) is 0 Å². The number of nitrogen functional groups attached to an aromatic ring is 1. The van der Waals surface area contributed by atoms with Gasteiger partial charge in [-0.15, -0.1) is 0 Å². The summed E-state index contributed by atoms with van der Waals surface area (Å²) in [6.45, 7) is 3.68. The van der Waals surface area contributed by atoms with Crippen molar-refractivity contribution in [2.75, 3.05) is 11.1 Å². The summed E-state index contributed by atoms with van der Waals surface area (Å²) in [5, 5.41) is 10.9. The van der Waals surface area contributed by atoms with Crippen LogP contribution in [0.2, 0.25) is 0 Å². The maximum Gasteiger partial charge on any atom is 0.160 e. The first-order valence-electron chi connectivity index (χ1n) is 6.59. The fourth-order valence-corrected chi connectivity index (χ4v) is 2.20. The molecule has 0 bridgehead atoms. The number of nitrogens with zero attached hydrogens (tertiary/aromatic N) is 2. The van der Waals surface area contributed by atoms with Gasteiger partial charge in [-0.05, 0) is 53.5 Å².